The van der Waals surface area contributed by atoms with Gasteiger partial charge < -0.3 is 14.8 Å². The van der Waals surface area contributed by atoms with Crippen LogP contribution in [0, 0.1) is 0 Å². The van der Waals surface area contributed by atoms with Crippen molar-refractivity contribution >= 4 is 17.5 Å². The minimum absolute atomic E-state index is 0.217. The monoisotopic (exact) mass is 287 g/mol. The Labute approximate surface area is 117 Å². The van der Waals surface area contributed by atoms with E-state index in [0.29, 0.717) is 36.0 Å². The summed E-state index contributed by atoms with van der Waals surface area (Å²) in [6, 6.07) is 3.50. The van der Waals surface area contributed by atoms with Crippen molar-refractivity contribution in [3.8, 4) is 11.5 Å². The molecule has 1 aromatic carbocycles. The second-order valence-corrected chi connectivity index (χ2v) is 4.20. The predicted octanol–water partition coefficient (Wildman–Crippen LogP) is 0.827. The maximum absolute atomic E-state index is 10.9. The fourth-order valence-corrected chi connectivity index (χ4v) is 1.75. The van der Waals surface area contributed by atoms with Gasteiger partial charge in [-0.05, 0) is 11.6 Å². The molecule has 0 aliphatic heterocycles. The third-order valence-electron chi connectivity index (χ3n) is 2.56. The lowest BCUT2D eigenvalue weighted by Gasteiger charge is -2.12. The van der Waals surface area contributed by atoms with Crippen LogP contribution in [0.2, 0.25) is 5.02 Å². The average Bonchev–Trinajstić information content (AvgIpc) is 2.43. The van der Waals surface area contributed by atoms with Crippen LogP contribution in [-0.4, -0.2) is 26.7 Å². The molecule has 0 saturated heterocycles. The van der Waals surface area contributed by atoms with Gasteiger partial charge in [-0.25, -0.2) is 5.84 Å². The molecule has 0 fully saturated rings. The highest BCUT2D eigenvalue weighted by Crippen LogP contribution is 2.32. The van der Waals surface area contributed by atoms with Crippen molar-refractivity contribution in [2.75, 3.05) is 20.8 Å². The number of carbonyl (C=O) groups is 1. The maximum Gasteiger partial charge on any atom is 0.235 e. The van der Waals surface area contributed by atoms with Crippen LogP contribution in [0.5, 0.6) is 11.5 Å². The molecule has 1 amide bonds. The molecule has 19 heavy (non-hydrogen) atoms. The predicted molar refractivity (Wildman–Crippen MR) is 73.2 cm³/mol. The number of hydrogen-bond donors (Lipinski definition) is 3. The van der Waals surface area contributed by atoms with Crippen molar-refractivity contribution in [2.24, 2.45) is 5.84 Å². The van der Waals surface area contributed by atoms with Crippen LogP contribution < -0.4 is 26.1 Å². The minimum atomic E-state index is -0.217. The zero-order valence-electron chi connectivity index (χ0n) is 11.0. The van der Waals surface area contributed by atoms with E-state index in [9.17, 15) is 4.79 Å². The summed E-state index contributed by atoms with van der Waals surface area (Å²) in [4.78, 5) is 10.9. The van der Waals surface area contributed by atoms with E-state index in [1.807, 2.05) is 0 Å². The van der Waals surface area contributed by atoms with E-state index in [2.05, 4.69) is 10.7 Å². The first-order valence-corrected chi connectivity index (χ1v) is 6.10. The largest absolute Gasteiger partial charge is 0.493 e. The van der Waals surface area contributed by atoms with Crippen LogP contribution in [0.3, 0.4) is 0 Å². The number of nitrogens with one attached hydrogen (secondary N) is 2. The summed E-state index contributed by atoms with van der Waals surface area (Å²) in [6.07, 6.45) is 0.307. The second-order valence-electron chi connectivity index (χ2n) is 3.79. The molecule has 0 aliphatic carbocycles. The van der Waals surface area contributed by atoms with E-state index >= 15 is 0 Å². The Morgan fingerprint density at radius 3 is 2.53 bits per heavy atom. The van der Waals surface area contributed by atoms with Gasteiger partial charge in [-0.1, -0.05) is 11.6 Å². The van der Waals surface area contributed by atoms with Gasteiger partial charge in [-0.3, -0.25) is 10.2 Å². The van der Waals surface area contributed by atoms with E-state index in [1.165, 1.54) is 0 Å². The average molecular weight is 288 g/mol. The van der Waals surface area contributed by atoms with Crippen molar-refractivity contribution < 1.29 is 14.3 Å². The summed E-state index contributed by atoms with van der Waals surface area (Å²) < 4.78 is 10.3. The molecule has 0 spiro atoms. The second kappa shape index (κ2) is 7.83. The van der Waals surface area contributed by atoms with Crippen LogP contribution in [0.15, 0.2) is 12.1 Å². The van der Waals surface area contributed by atoms with Crippen molar-refractivity contribution in [3.05, 3.63) is 22.7 Å². The number of rotatable bonds is 7. The number of methoxy groups -OCH3 is 2. The molecule has 6 nitrogen and oxygen atoms in total. The molecule has 0 aromatic heterocycles. The van der Waals surface area contributed by atoms with Crippen molar-refractivity contribution in [2.45, 2.75) is 13.0 Å². The zero-order chi connectivity index (χ0) is 14.3. The molecule has 0 unspecified atom stereocenters. The van der Waals surface area contributed by atoms with Crippen LogP contribution in [0.25, 0.3) is 0 Å². The van der Waals surface area contributed by atoms with Gasteiger partial charge in [0.1, 0.15) is 0 Å². The zero-order valence-corrected chi connectivity index (χ0v) is 11.7. The first-order valence-electron chi connectivity index (χ1n) is 5.73. The van der Waals surface area contributed by atoms with Gasteiger partial charge in [0, 0.05) is 30.6 Å². The summed E-state index contributed by atoms with van der Waals surface area (Å²) in [6.45, 7) is 1.03. The fraction of sp³-hybridized carbons (Fsp3) is 0.417. The van der Waals surface area contributed by atoms with Crippen LogP contribution >= 0.6 is 11.6 Å². The standard InChI is InChI=1S/C12H18ClN3O3/c1-18-10-5-8(9(13)6-11(10)19-2)7-15-4-3-12(17)16-14/h5-6,15H,3-4,7,14H2,1-2H3,(H,16,17). The van der Waals surface area contributed by atoms with Gasteiger partial charge in [0.05, 0.1) is 14.2 Å². The van der Waals surface area contributed by atoms with Crippen LogP contribution in [0.1, 0.15) is 12.0 Å². The minimum Gasteiger partial charge on any atom is -0.493 e. The Balaban J connectivity index is 2.60. The van der Waals surface area contributed by atoms with Gasteiger partial charge in [0.2, 0.25) is 5.91 Å². The number of hydrogen-bond acceptors (Lipinski definition) is 5. The van der Waals surface area contributed by atoms with Gasteiger partial charge in [0.25, 0.3) is 0 Å². The van der Waals surface area contributed by atoms with Crippen LogP contribution in [-0.2, 0) is 11.3 Å². The highest BCUT2D eigenvalue weighted by molar-refractivity contribution is 6.31. The highest BCUT2D eigenvalue weighted by Gasteiger charge is 2.09. The number of ether oxygens (including phenoxy) is 2. The number of hydrazine groups is 1. The summed E-state index contributed by atoms with van der Waals surface area (Å²) >= 11 is 6.13. The molecule has 4 N–H and O–H groups in total. The number of halogens is 1. The molecule has 0 bridgehead atoms. The lowest BCUT2D eigenvalue weighted by Crippen LogP contribution is -2.32. The summed E-state index contributed by atoms with van der Waals surface area (Å²) in [5.41, 5.74) is 2.93. The van der Waals surface area contributed by atoms with Gasteiger partial charge >= 0.3 is 0 Å². The molecule has 7 heteroatoms. The molecule has 1 aromatic rings. The topological polar surface area (TPSA) is 85.6 Å². The van der Waals surface area contributed by atoms with Gasteiger partial charge in [0.15, 0.2) is 11.5 Å². The van der Waals surface area contributed by atoms with Crippen molar-refractivity contribution in [1.82, 2.24) is 10.7 Å². The number of amides is 1. The number of carbonyl (C=O) groups excluding carboxylic acids is 1. The smallest absolute Gasteiger partial charge is 0.235 e. The van der Waals surface area contributed by atoms with E-state index in [4.69, 9.17) is 26.9 Å². The molecule has 0 heterocycles. The molecule has 0 saturated carbocycles. The first-order chi connectivity index (χ1) is 9.12. The highest BCUT2D eigenvalue weighted by atomic mass is 35.5. The quantitative estimate of drug-likeness (QED) is 0.299. The number of benzene rings is 1. The van der Waals surface area contributed by atoms with E-state index in [0.717, 1.165) is 5.56 Å². The molecule has 0 aliphatic rings. The van der Waals surface area contributed by atoms with E-state index in [-0.39, 0.29) is 5.91 Å². The lowest BCUT2D eigenvalue weighted by molar-refractivity contribution is -0.121. The van der Waals surface area contributed by atoms with Crippen LogP contribution in [0.4, 0.5) is 0 Å². The summed E-state index contributed by atoms with van der Waals surface area (Å²) in [7, 11) is 3.12. The maximum atomic E-state index is 10.9. The Hall–Kier alpha value is -1.50. The lowest BCUT2D eigenvalue weighted by atomic mass is 10.2. The first kappa shape index (κ1) is 15.6. The summed E-state index contributed by atoms with van der Waals surface area (Å²) in [5, 5.41) is 3.68. The summed E-state index contributed by atoms with van der Waals surface area (Å²) in [5.74, 6) is 5.96. The van der Waals surface area contributed by atoms with Crippen molar-refractivity contribution in [1.29, 1.82) is 0 Å². The van der Waals surface area contributed by atoms with Gasteiger partial charge in [-0.2, -0.15) is 0 Å². The fourth-order valence-electron chi connectivity index (χ4n) is 1.53. The van der Waals surface area contributed by atoms with Gasteiger partial charge in [-0.15, -0.1) is 0 Å². The molecule has 0 atom stereocenters. The normalized spacial score (nSPS) is 10.1. The Morgan fingerprint density at radius 1 is 1.32 bits per heavy atom. The Bertz CT molecular complexity index is 440. The molecular weight excluding hydrogens is 270 g/mol. The Morgan fingerprint density at radius 2 is 1.95 bits per heavy atom. The molecule has 1 rings (SSSR count). The van der Waals surface area contributed by atoms with E-state index < -0.39 is 0 Å². The molecular formula is C12H18ClN3O3. The third kappa shape index (κ3) is 4.59. The SMILES string of the molecule is COc1cc(Cl)c(CNCCC(=O)NN)cc1OC. The molecule has 106 valence electrons. The Kier molecular flexibility index (Phi) is 6.41. The van der Waals surface area contributed by atoms with Crippen molar-refractivity contribution in [3.63, 3.8) is 0 Å². The molecule has 0 radical (unpaired) electrons. The number of nitrogens with two attached hydrogens (primary N) is 1. The third-order valence-corrected chi connectivity index (χ3v) is 2.91. The van der Waals surface area contributed by atoms with E-state index in [1.54, 1.807) is 26.4 Å².